The summed E-state index contributed by atoms with van der Waals surface area (Å²) in [5.74, 6) is 2.91. The van der Waals surface area contributed by atoms with Gasteiger partial charge in [0.2, 0.25) is 0 Å². The van der Waals surface area contributed by atoms with Gasteiger partial charge in [-0.05, 0) is 42.4 Å². The van der Waals surface area contributed by atoms with Gasteiger partial charge in [-0.25, -0.2) is 0 Å². The van der Waals surface area contributed by atoms with Crippen LogP contribution in [0.2, 0.25) is 0 Å². The van der Waals surface area contributed by atoms with Crippen molar-refractivity contribution in [1.82, 2.24) is 0 Å². The van der Waals surface area contributed by atoms with Crippen LogP contribution in [0.5, 0.6) is 0 Å². The van der Waals surface area contributed by atoms with Crippen molar-refractivity contribution in [3.8, 4) is 0 Å². The predicted octanol–water partition coefficient (Wildman–Crippen LogP) is 8.36. The van der Waals surface area contributed by atoms with Crippen molar-refractivity contribution in [1.29, 1.82) is 0 Å². The van der Waals surface area contributed by atoms with Gasteiger partial charge in [-0.2, -0.15) is 0 Å². The average molecular weight is 469 g/mol. The molecule has 3 atom stereocenters. The molecule has 0 aliphatic heterocycles. The highest BCUT2D eigenvalue weighted by atomic mass is 16.5. The highest BCUT2D eigenvalue weighted by molar-refractivity contribution is 5.77. The second-order valence-corrected chi connectivity index (χ2v) is 11.4. The molecule has 4 nitrogen and oxygen atoms in total. The number of esters is 2. The van der Waals surface area contributed by atoms with Crippen LogP contribution in [0.1, 0.15) is 132 Å². The van der Waals surface area contributed by atoms with Gasteiger partial charge in [-0.15, -0.1) is 0 Å². The Hall–Kier alpha value is -1.06. The van der Waals surface area contributed by atoms with Gasteiger partial charge in [0.15, 0.2) is 0 Å². The van der Waals surface area contributed by atoms with E-state index in [9.17, 15) is 9.59 Å². The first-order chi connectivity index (χ1) is 15.6. The van der Waals surface area contributed by atoms with Crippen LogP contribution < -0.4 is 0 Å². The monoisotopic (exact) mass is 468 g/mol. The van der Waals surface area contributed by atoms with Crippen LogP contribution in [-0.4, -0.2) is 25.2 Å². The molecule has 33 heavy (non-hydrogen) atoms. The van der Waals surface area contributed by atoms with Crippen LogP contribution in [0, 0.1) is 29.6 Å². The Balaban J connectivity index is 3.67. The van der Waals surface area contributed by atoms with Crippen LogP contribution in [-0.2, 0) is 19.1 Å². The van der Waals surface area contributed by atoms with Crippen LogP contribution in [0.3, 0.4) is 0 Å². The molecular weight excluding hydrogens is 412 g/mol. The van der Waals surface area contributed by atoms with Gasteiger partial charge in [-0.1, -0.05) is 106 Å². The second-order valence-electron chi connectivity index (χ2n) is 11.4. The molecule has 0 saturated carbocycles. The van der Waals surface area contributed by atoms with E-state index in [-0.39, 0.29) is 24.8 Å². The lowest BCUT2D eigenvalue weighted by molar-refractivity contribution is -0.150. The number of rotatable bonds is 21. The fourth-order valence-corrected chi connectivity index (χ4v) is 4.09. The number of carbonyl (C=O) groups excluding carboxylic acids is 2. The van der Waals surface area contributed by atoms with E-state index in [1.54, 1.807) is 0 Å². The van der Waals surface area contributed by atoms with Crippen molar-refractivity contribution in [3.05, 3.63) is 0 Å². The Morgan fingerprint density at radius 1 is 0.485 bits per heavy atom. The van der Waals surface area contributed by atoms with Crippen LogP contribution in [0.25, 0.3) is 0 Å². The predicted molar refractivity (Wildman–Crippen MR) is 139 cm³/mol. The molecule has 0 radical (unpaired) electrons. The molecule has 0 aliphatic rings. The van der Waals surface area contributed by atoms with Crippen LogP contribution in [0.15, 0.2) is 0 Å². The fraction of sp³-hybridized carbons (Fsp3) is 0.931. The standard InChI is InChI=1S/C29H56O4/c1-23(2)11-8-13-25(5)15-10-16-27(7)20-22-33-29(31)18-17-28(30)32-21-19-26(6)14-9-12-24(3)4/h23-27H,8-22H2,1-7H3. The third kappa shape index (κ3) is 22.5. The largest absolute Gasteiger partial charge is 0.466 e. The lowest BCUT2D eigenvalue weighted by Gasteiger charge is -2.15. The lowest BCUT2D eigenvalue weighted by Crippen LogP contribution is -2.13. The Morgan fingerprint density at radius 2 is 0.788 bits per heavy atom. The Kier molecular flexibility index (Phi) is 19.7. The van der Waals surface area contributed by atoms with E-state index < -0.39 is 0 Å². The molecule has 0 heterocycles. The minimum absolute atomic E-state index is 0.116. The Labute approximate surface area is 206 Å². The topological polar surface area (TPSA) is 52.6 Å². The van der Waals surface area contributed by atoms with E-state index in [0.29, 0.717) is 25.0 Å². The average Bonchev–Trinajstić information content (AvgIpc) is 2.71. The first-order valence-corrected chi connectivity index (χ1v) is 13.9. The molecule has 0 amide bonds. The van der Waals surface area contributed by atoms with Gasteiger partial charge in [-0.3, -0.25) is 9.59 Å². The molecule has 0 saturated heterocycles. The zero-order chi connectivity index (χ0) is 25.1. The number of hydrogen-bond acceptors (Lipinski definition) is 4. The zero-order valence-corrected chi connectivity index (χ0v) is 23.1. The smallest absolute Gasteiger partial charge is 0.306 e. The molecule has 0 aromatic heterocycles. The molecule has 196 valence electrons. The Morgan fingerprint density at radius 3 is 1.12 bits per heavy atom. The second kappa shape index (κ2) is 20.3. The Bertz CT molecular complexity index is 486. The SMILES string of the molecule is CC(C)CCCC(C)CCCC(C)CCOC(=O)CCC(=O)OCCC(C)CCCC(C)C. The van der Waals surface area contributed by atoms with E-state index >= 15 is 0 Å². The van der Waals surface area contributed by atoms with Gasteiger partial charge in [0.25, 0.3) is 0 Å². The molecule has 0 bridgehead atoms. The summed E-state index contributed by atoms with van der Waals surface area (Å²) in [5, 5.41) is 0. The summed E-state index contributed by atoms with van der Waals surface area (Å²) in [5.41, 5.74) is 0. The maximum absolute atomic E-state index is 11.9. The summed E-state index contributed by atoms with van der Waals surface area (Å²) in [6.07, 6.45) is 13.4. The van der Waals surface area contributed by atoms with Crippen molar-refractivity contribution in [2.75, 3.05) is 13.2 Å². The molecule has 0 aromatic carbocycles. The number of ether oxygens (including phenoxy) is 2. The molecule has 0 fully saturated rings. The molecule has 3 unspecified atom stereocenters. The molecule has 0 N–H and O–H groups in total. The molecule has 0 rings (SSSR count). The first kappa shape index (κ1) is 31.9. The molecule has 0 aromatic rings. The van der Waals surface area contributed by atoms with Gasteiger partial charge in [0.1, 0.15) is 0 Å². The van der Waals surface area contributed by atoms with E-state index in [1.165, 1.54) is 57.8 Å². The van der Waals surface area contributed by atoms with Crippen molar-refractivity contribution >= 4 is 11.9 Å². The minimum atomic E-state index is -0.294. The zero-order valence-electron chi connectivity index (χ0n) is 23.1. The van der Waals surface area contributed by atoms with Gasteiger partial charge in [0, 0.05) is 0 Å². The van der Waals surface area contributed by atoms with Crippen molar-refractivity contribution in [2.45, 2.75) is 132 Å². The summed E-state index contributed by atoms with van der Waals surface area (Å²) >= 11 is 0. The normalized spacial score (nSPS) is 14.3. The number of carbonyl (C=O) groups is 2. The minimum Gasteiger partial charge on any atom is -0.466 e. The van der Waals surface area contributed by atoms with Crippen molar-refractivity contribution < 1.29 is 19.1 Å². The maximum Gasteiger partial charge on any atom is 0.306 e. The van der Waals surface area contributed by atoms with Crippen LogP contribution in [0.4, 0.5) is 0 Å². The number of hydrogen-bond donors (Lipinski definition) is 0. The van der Waals surface area contributed by atoms with Gasteiger partial charge < -0.3 is 9.47 Å². The van der Waals surface area contributed by atoms with E-state index in [2.05, 4.69) is 48.5 Å². The molecule has 4 heteroatoms. The molecular formula is C29H56O4. The highest BCUT2D eigenvalue weighted by Gasteiger charge is 2.12. The van der Waals surface area contributed by atoms with E-state index in [1.807, 2.05) is 0 Å². The fourth-order valence-electron chi connectivity index (χ4n) is 4.09. The third-order valence-corrected chi connectivity index (χ3v) is 6.63. The van der Waals surface area contributed by atoms with E-state index in [0.717, 1.165) is 30.6 Å². The quantitative estimate of drug-likeness (QED) is 0.159. The summed E-state index contributed by atoms with van der Waals surface area (Å²) in [4.78, 5) is 23.8. The summed E-state index contributed by atoms with van der Waals surface area (Å²) < 4.78 is 10.6. The van der Waals surface area contributed by atoms with E-state index in [4.69, 9.17) is 9.47 Å². The van der Waals surface area contributed by atoms with Crippen molar-refractivity contribution in [2.24, 2.45) is 29.6 Å². The summed E-state index contributed by atoms with van der Waals surface area (Å²) in [6, 6.07) is 0. The summed E-state index contributed by atoms with van der Waals surface area (Å²) in [6.45, 7) is 16.8. The van der Waals surface area contributed by atoms with Gasteiger partial charge >= 0.3 is 11.9 Å². The van der Waals surface area contributed by atoms with Crippen molar-refractivity contribution in [3.63, 3.8) is 0 Å². The van der Waals surface area contributed by atoms with Gasteiger partial charge in [0.05, 0.1) is 26.1 Å². The maximum atomic E-state index is 11.9. The molecule has 0 aliphatic carbocycles. The summed E-state index contributed by atoms with van der Waals surface area (Å²) in [7, 11) is 0. The van der Waals surface area contributed by atoms with Crippen LogP contribution >= 0.6 is 0 Å². The first-order valence-electron chi connectivity index (χ1n) is 13.9. The lowest BCUT2D eigenvalue weighted by atomic mass is 9.93. The molecule has 0 spiro atoms. The highest BCUT2D eigenvalue weighted by Crippen LogP contribution is 2.20. The third-order valence-electron chi connectivity index (χ3n) is 6.63.